The SMILES string of the molecule is COc1ccc(-c2nnc(Nc3ccc(F)cc3)c3ccccc23)cc1. The van der Waals surface area contributed by atoms with E-state index >= 15 is 0 Å². The molecule has 0 amide bonds. The summed E-state index contributed by atoms with van der Waals surface area (Å²) in [5.41, 5.74) is 2.51. The summed E-state index contributed by atoms with van der Waals surface area (Å²) in [6, 6.07) is 21.8. The summed E-state index contributed by atoms with van der Waals surface area (Å²) >= 11 is 0. The van der Waals surface area contributed by atoms with Gasteiger partial charge in [-0.05, 0) is 48.5 Å². The standard InChI is InChI=1S/C21H16FN3O/c1-26-17-12-6-14(7-13-17)20-18-4-2-3-5-19(18)21(25-24-20)23-16-10-8-15(22)9-11-16/h2-13H,1H3,(H,23,25). The molecule has 0 bridgehead atoms. The number of nitrogens with one attached hydrogen (secondary N) is 1. The number of anilines is 2. The Labute approximate surface area is 150 Å². The minimum Gasteiger partial charge on any atom is -0.497 e. The highest BCUT2D eigenvalue weighted by molar-refractivity contribution is 6.00. The van der Waals surface area contributed by atoms with Gasteiger partial charge in [0.25, 0.3) is 0 Å². The molecule has 3 aromatic carbocycles. The van der Waals surface area contributed by atoms with E-state index in [2.05, 4.69) is 15.5 Å². The summed E-state index contributed by atoms with van der Waals surface area (Å²) in [6.07, 6.45) is 0. The van der Waals surface area contributed by atoms with Gasteiger partial charge in [-0.15, -0.1) is 10.2 Å². The highest BCUT2D eigenvalue weighted by atomic mass is 19.1. The molecule has 0 fully saturated rings. The summed E-state index contributed by atoms with van der Waals surface area (Å²) in [6.45, 7) is 0. The second kappa shape index (κ2) is 6.80. The minimum atomic E-state index is -0.277. The van der Waals surface area contributed by atoms with Crippen LogP contribution in [0.15, 0.2) is 72.8 Å². The normalized spacial score (nSPS) is 10.7. The molecule has 26 heavy (non-hydrogen) atoms. The van der Waals surface area contributed by atoms with E-state index in [4.69, 9.17) is 4.74 Å². The molecule has 0 spiro atoms. The Hall–Kier alpha value is -3.47. The molecule has 4 aromatic rings. The summed E-state index contributed by atoms with van der Waals surface area (Å²) in [4.78, 5) is 0. The molecule has 0 aliphatic rings. The van der Waals surface area contributed by atoms with Crippen LogP contribution in [0.2, 0.25) is 0 Å². The quantitative estimate of drug-likeness (QED) is 0.553. The van der Waals surface area contributed by atoms with Crippen LogP contribution in [0.1, 0.15) is 0 Å². The zero-order valence-electron chi connectivity index (χ0n) is 14.1. The molecular formula is C21H16FN3O. The van der Waals surface area contributed by atoms with E-state index in [1.165, 1.54) is 12.1 Å². The number of aromatic nitrogens is 2. The smallest absolute Gasteiger partial charge is 0.161 e. The number of fused-ring (bicyclic) bond motifs is 1. The number of methoxy groups -OCH3 is 1. The van der Waals surface area contributed by atoms with E-state index in [0.717, 1.165) is 33.5 Å². The first-order chi connectivity index (χ1) is 12.7. The number of benzene rings is 3. The second-order valence-electron chi connectivity index (χ2n) is 5.80. The molecule has 0 unspecified atom stereocenters. The van der Waals surface area contributed by atoms with Crippen molar-refractivity contribution in [3.63, 3.8) is 0 Å². The molecule has 0 atom stereocenters. The van der Waals surface area contributed by atoms with E-state index in [9.17, 15) is 4.39 Å². The van der Waals surface area contributed by atoms with Crippen LogP contribution in [0.5, 0.6) is 5.75 Å². The largest absolute Gasteiger partial charge is 0.497 e. The maximum absolute atomic E-state index is 13.1. The van der Waals surface area contributed by atoms with E-state index in [0.29, 0.717) is 5.82 Å². The van der Waals surface area contributed by atoms with Gasteiger partial charge in [0.2, 0.25) is 0 Å². The van der Waals surface area contributed by atoms with Crippen LogP contribution < -0.4 is 10.1 Å². The third kappa shape index (κ3) is 3.07. The van der Waals surface area contributed by atoms with Crippen molar-refractivity contribution in [2.45, 2.75) is 0 Å². The Balaban J connectivity index is 1.78. The lowest BCUT2D eigenvalue weighted by Gasteiger charge is -2.11. The molecule has 5 heteroatoms. The van der Waals surface area contributed by atoms with Gasteiger partial charge >= 0.3 is 0 Å². The first-order valence-corrected chi connectivity index (χ1v) is 8.17. The number of halogens is 1. The molecule has 4 rings (SSSR count). The lowest BCUT2D eigenvalue weighted by Crippen LogP contribution is -1.99. The number of hydrogen-bond acceptors (Lipinski definition) is 4. The number of hydrogen-bond donors (Lipinski definition) is 1. The van der Waals surface area contributed by atoms with Crippen LogP contribution in [0.25, 0.3) is 22.0 Å². The predicted molar refractivity (Wildman–Crippen MR) is 101 cm³/mol. The van der Waals surface area contributed by atoms with Gasteiger partial charge in [-0.2, -0.15) is 0 Å². The molecule has 0 aliphatic carbocycles. The van der Waals surface area contributed by atoms with Crippen molar-refractivity contribution < 1.29 is 9.13 Å². The van der Waals surface area contributed by atoms with E-state index < -0.39 is 0 Å². The molecule has 128 valence electrons. The molecule has 0 saturated heterocycles. The molecule has 0 aliphatic heterocycles. The first kappa shape index (κ1) is 16.0. The van der Waals surface area contributed by atoms with Gasteiger partial charge in [0.1, 0.15) is 17.3 Å². The van der Waals surface area contributed by atoms with E-state index in [-0.39, 0.29) is 5.82 Å². The van der Waals surface area contributed by atoms with Crippen molar-refractivity contribution in [1.82, 2.24) is 10.2 Å². The fraction of sp³-hybridized carbons (Fsp3) is 0.0476. The Kier molecular flexibility index (Phi) is 4.19. The maximum atomic E-state index is 13.1. The van der Waals surface area contributed by atoms with Gasteiger partial charge in [0.15, 0.2) is 5.82 Å². The average molecular weight is 345 g/mol. The van der Waals surface area contributed by atoms with Crippen LogP contribution in [0.3, 0.4) is 0 Å². The molecular weight excluding hydrogens is 329 g/mol. The highest BCUT2D eigenvalue weighted by Crippen LogP contribution is 2.31. The van der Waals surface area contributed by atoms with Crippen LogP contribution in [-0.4, -0.2) is 17.3 Å². The van der Waals surface area contributed by atoms with Crippen molar-refractivity contribution in [3.8, 4) is 17.0 Å². The Morgan fingerprint density at radius 1 is 0.808 bits per heavy atom. The third-order valence-corrected chi connectivity index (χ3v) is 4.16. The first-order valence-electron chi connectivity index (χ1n) is 8.17. The maximum Gasteiger partial charge on any atom is 0.161 e. The van der Waals surface area contributed by atoms with Crippen LogP contribution in [-0.2, 0) is 0 Å². The molecule has 4 nitrogen and oxygen atoms in total. The van der Waals surface area contributed by atoms with Crippen LogP contribution in [0, 0.1) is 5.82 Å². The Morgan fingerprint density at radius 2 is 1.50 bits per heavy atom. The molecule has 0 radical (unpaired) electrons. The van der Waals surface area contributed by atoms with Crippen molar-refractivity contribution in [3.05, 3.63) is 78.6 Å². The Bertz CT molecular complexity index is 1050. The summed E-state index contributed by atoms with van der Waals surface area (Å²) < 4.78 is 18.3. The second-order valence-corrected chi connectivity index (χ2v) is 5.80. The topological polar surface area (TPSA) is 47.0 Å². The van der Waals surface area contributed by atoms with Gasteiger partial charge in [-0.3, -0.25) is 0 Å². The van der Waals surface area contributed by atoms with E-state index in [1.54, 1.807) is 19.2 Å². The summed E-state index contributed by atoms with van der Waals surface area (Å²) in [5, 5.41) is 13.9. The lowest BCUT2D eigenvalue weighted by atomic mass is 10.0. The monoisotopic (exact) mass is 345 g/mol. The zero-order valence-corrected chi connectivity index (χ0v) is 14.1. The Morgan fingerprint density at radius 3 is 2.19 bits per heavy atom. The van der Waals surface area contributed by atoms with Crippen LogP contribution >= 0.6 is 0 Å². The van der Waals surface area contributed by atoms with Gasteiger partial charge in [0.05, 0.1) is 7.11 Å². The fourth-order valence-corrected chi connectivity index (χ4v) is 2.83. The minimum absolute atomic E-state index is 0.277. The molecule has 1 aromatic heterocycles. The van der Waals surface area contributed by atoms with Gasteiger partial charge < -0.3 is 10.1 Å². The summed E-state index contributed by atoms with van der Waals surface area (Å²) in [7, 11) is 1.64. The molecule has 1 N–H and O–H groups in total. The number of nitrogens with zero attached hydrogens (tertiary/aromatic N) is 2. The fourth-order valence-electron chi connectivity index (χ4n) is 2.83. The van der Waals surface area contributed by atoms with Crippen LogP contribution in [0.4, 0.5) is 15.9 Å². The van der Waals surface area contributed by atoms with Gasteiger partial charge in [-0.1, -0.05) is 24.3 Å². The van der Waals surface area contributed by atoms with Crippen molar-refractivity contribution in [2.24, 2.45) is 0 Å². The third-order valence-electron chi connectivity index (χ3n) is 4.16. The van der Waals surface area contributed by atoms with E-state index in [1.807, 2.05) is 48.5 Å². The average Bonchev–Trinajstić information content (AvgIpc) is 2.70. The van der Waals surface area contributed by atoms with Crippen molar-refractivity contribution in [1.29, 1.82) is 0 Å². The highest BCUT2D eigenvalue weighted by Gasteiger charge is 2.11. The number of ether oxygens (including phenoxy) is 1. The molecule has 0 saturated carbocycles. The predicted octanol–water partition coefficient (Wildman–Crippen LogP) is 5.19. The van der Waals surface area contributed by atoms with Gasteiger partial charge in [-0.25, -0.2) is 4.39 Å². The number of rotatable bonds is 4. The zero-order chi connectivity index (χ0) is 17.9. The van der Waals surface area contributed by atoms with Crippen molar-refractivity contribution >= 4 is 22.3 Å². The van der Waals surface area contributed by atoms with Gasteiger partial charge in [0, 0.05) is 22.0 Å². The van der Waals surface area contributed by atoms with Crippen molar-refractivity contribution in [2.75, 3.05) is 12.4 Å². The molecule has 1 heterocycles. The lowest BCUT2D eigenvalue weighted by molar-refractivity contribution is 0.415. The summed E-state index contributed by atoms with van der Waals surface area (Å²) in [5.74, 6) is 1.14.